The van der Waals surface area contributed by atoms with Gasteiger partial charge in [0.1, 0.15) is 17.4 Å². The van der Waals surface area contributed by atoms with Crippen LogP contribution in [0.2, 0.25) is 0 Å². The minimum absolute atomic E-state index is 0.116. The van der Waals surface area contributed by atoms with E-state index in [1.54, 1.807) is 48.4 Å². The van der Waals surface area contributed by atoms with Crippen molar-refractivity contribution in [2.45, 2.75) is 18.8 Å². The fourth-order valence-electron chi connectivity index (χ4n) is 4.19. The van der Waals surface area contributed by atoms with E-state index in [-0.39, 0.29) is 17.3 Å². The lowest BCUT2D eigenvalue weighted by Crippen LogP contribution is -2.41. The number of rotatable bonds is 4. The first kappa shape index (κ1) is 20.5. The van der Waals surface area contributed by atoms with Gasteiger partial charge in [-0.3, -0.25) is 14.5 Å². The quantitative estimate of drug-likeness (QED) is 0.700. The van der Waals surface area contributed by atoms with Gasteiger partial charge in [-0.05, 0) is 54.8 Å². The third kappa shape index (κ3) is 3.61. The van der Waals surface area contributed by atoms with E-state index in [2.05, 4.69) is 5.32 Å². The van der Waals surface area contributed by atoms with E-state index in [4.69, 9.17) is 16.2 Å². The summed E-state index contributed by atoms with van der Waals surface area (Å²) in [6.07, 6.45) is 1.24. The van der Waals surface area contributed by atoms with Crippen LogP contribution in [0, 0.1) is 5.82 Å². The van der Waals surface area contributed by atoms with Crippen molar-refractivity contribution in [2.24, 2.45) is 11.5 Å². The van der Waals surface area contributed by atoms with Crippen molar-refractivity contribution in [1.82, 2.24) is 5.32 Å². The van der Waals surface area contributed by atoms with E-state index in [0.717, 1.165) is 0 Å². The van der Waals surface area contributed by atoms with Gasteiger partial charge < -0.3 is 21.5 Å². The first-order chi connectivity index (χ1) is 14.9. The minimum Gasteiger partial charge on any atom is -0.497 e. The largest absolute Gasteiger partial charge is 0.497 e. The SMILES string of the molecule is COc1ccc(C2C(C(N)=O)=C(N)N(c3ccc(F)cc3)C3=C2C(=O)NCCC3)cc1. The first-order valence-electron chi connectivity index (χ1n) is 9.92. The van der Waals surface area contributed by atoms with E-state index in [1.165, 1.54) is 12.1 Å². The van der Waals surface area contributed by atoms with Crippen LogP contribution in [-0.4, -0.2) is 25.5 Å². The molecule has 160 valence electrons. The number of carbonyl (C=O) groups excluding carboxylic acids is 2. The van der Waals surface area contributed by atoms with Crippen LogP contribution >= 0.6 is 0 Å². The fraction of sp³-hybridized carbons (Fsp3) is 0.217. The van der Waals surface area contributed by atoms with Crippen molar-refractivity contribution in [3.05, 3.63) is 82.6 Å². The molecule has 7 nitrogen and oxygen atoms in total. The number of hydrogen-bond donors (Lipinski definition) is 3. The normalized spacial score (nSPS) is 19.0. The van der Waals surface area contributed by atoms with E-state index in [0.29, 0.717) is 47.7 Å². The van der Waals surface area contributed by atoms with Gasteiger partial charge in [-0.2, -0.15) is 0 Å². The summed E-state index contributed by atoms with van der Waals surface area (Å²) < 4.78 is 18.8. The number of methoxy groups -OCH3 is 1. The third-order valence-electron chi connectivity index (χ3n) is 5.59. The van der Waals surface area contributed by atoms with Crippen LogP contribution < -0.4 is 26.4 Å². The Hall–Kier alpha value is -3.81. The van der Waals surface area contributed by atoms with Gasteiger partial charge in [-0.15, -0.1) is 0 Å². The molecule has 8 heteroatoms. The molecule has 2 amide bonds. The Kier molecular flexibility index (Phi) is 5.37. The molecule has 2 aromatic carbocycles. The minimum atomic E-state index is -0.729. The summed E-state index contributed by atoms with van der Waals surface area (Å²) in [6.45, 7) is 0.490. The van der Waals surface area contributed by atoms with Crippen molar-refractivity contribution in [2.75, 3.05) is 18.6 Å². The second-order valence-corrected chi connectivity index (χ2v) is 7.40. The highest BCUT2D eigenvalue weighted by Gasteiger charge is 2.41. The number of nitrogens with zero attached hydrogens (tertiary/aromatic N) is 1. The number of nitrogens with two attached hydrogens (primary N) is 2. The molecular weight excluding hydrogens is 399 g/mol. The zero-order valence-electron chi connectivity index (χ0n) is 17.0. The molecule has 1 atom stereocenters. The van der Waals surface area contributed by atoms with Gasteiger partial charge in [-0.1, -0.05) is 12.1 Å². The maximum atomic E-state index is 13.5. The Morgan fingerprint density at radius 3 is 2.45 bits per heavy atom. The Bertz CT molecular complexity index is 1090. The predicted octanol–water partition coefficient (Wildman–Crippen LogP) is 2.26. The highest BCUT2D eigenvalue weighted by Crippen LogP contribution is 2.44. The fourth-order valence-corrected chi connectivity index (χ4v) is 4.19. The number of allylic oxidation sites excluding steroid dienone is 1. The zero-order valence-corrected chi connectivity index (χ0v) is 17.0. The Morgan fingerprint density at radius 2 is 1.84 bits per heavy atom. The molecular formula is C23H23FN4O3. The van der Waals surface area contributed by atoms with Gasteiger partial charge in [0.25, 0.3) is 0 Å². The molecule has 4 rings (SSSR count). The van der Waals surface area contributed by atoms with Crippen LogP contribution in [0.3, 0.4) is 0 Å². The third-order valence-corrected chi connectivity index (χ3v) is 5.59. The number of hydrogen-bond acceptors (Lipinski definition) is 5. The summed E-state index contributed by atoms with van der Waals surface area (Å²) in [7, 11) is 1.56. The maximum Gasteiger partial charge on any atom is 0.249 e. The van der Waals surface area contributed by atoms with Crippen LogP contribution in [-0.2, 0) is 9.59 Å². The molecule has 5 N–H and O–H groups in total. The highest BCUT2D eigenvalue weighted by atomic mass is 19.1. The Labute approximate surface area is 179 Å². The number of amides is 2. The summed E-state index contributed by atoms with van der Waals surface area (Å²) in [5.74, 6) is -1.37. The number of primary amides is 1. The van der Waals surface area contributed by atoms with Crippen LogP contribution in [0.5, 0.6) is 5.75 Å². The molecule has 2 aliphatic rings. The molecule has 0 spiro atoms. The molecule has 0 radical (unpaired) electrons. The molecule has 2 aromatic rings. The van der Waals surface area contributed by atoms with Gasteiger partial charge in [0.05, 0.1) is 18.6 Å². The average Bonchev–Trinajstić information content (AvgIpc) is 2.95. The Morgan fingerprint density at radius 1 is 1.16 bits per heavy atom. The van der Waals surface area contributed by atoms with Crippen molar-refractivity contribution in [3.8, 4) is 5.75 Å². The van der Waals surface area contributed by atoms with E-state index in [9.17, 15) is 14.0 Å². The van der Waals surface area contributed by atoms with Gasteiger partial charge in [0.15, 0.2) is 0 Å². The van der Waals surface area contributed by atoms with E-state index >= 15 is 0 Å². The highest BCUT2D eigenvalue weighted by molar-refractivity contribution is 6.05. The number of halogens is 1. The molecule has 1 unspecified atom stereocenters. The lowest BCUT2D eigenvalue weighted by Gasteiger charge is -2.38. The molecule has 0 saturated heterocycles. The van der Waals surface area contributed by atoms with Crippen molar-refractivity contribution >= 4 is 17.5 Å². The van der Waals surface area contributed by atoms with Crippen LogP contribution in [0.25, 0.3) is 0 Å². The first-order valence-corrected chi connectivity index (χ1v) is 9.92. The Balaban J connectivity index is 1.97. The van der Waals surface area contributed by atoms with Gasteiger partial charge in [0.2, 0.25) is 11.8 Å². The van der Waals surface area contributed by atoms with Gasteiger partial charge >= 0.3 is 0 Å². The van der Waals surface area contributed by atoms with Crippen LogP contribution in [0.1, 0.15) is 24.3 Å². The molecule has 2 aliphatic heterocycles. The summed E-state index contributed by atoms with van der Waals surface area (Å²) in [4.78, 5) is 27.4. The van der Waals surface area contributed by atoms with E-state index < -0.39 is 17.6 Å². The smallest absolute Gasteiger partial charge is 0.249 e. The number of ether oxygens (including phenoxy) is 1. The molecule has 2 heterocycles. The number of carbonyl (C=O) groups is 2. The second-order valence-electron chi connectivity index (χ2n) is 7.40. The zero-order chi connectivity index (χ0) is 22.1. The molecule has 0 aliphatic carbocycles. The summed E-state index contributed by atoms with van der Waals surface area (Å²) in [6, 6.07) is 12.8. The molecule has 0 bridgehead atoms. The van der Waals surface area contributed by atoms with E-state index in [1.807, 2.05) is 0 Å². The summed E-state index contributed by atoms with van der Waals surface area (Å²) in [5, 5.41) is 2.90. The van der Waals surface area contributed by atoms with Crippen LogP contribution in [0.15, 0.2) is 71.2 Å². The number of anilines is 1. The standard InChI is InChI=1S/C23H23FN4O3/c1-31-16-10-4-13(5-11-16)18-19-17(3-2-12-27-23(19)30)28(21(25)20(18)22(26)29)15-8-6-14(24)7-9-15/h4-11,18H,2-3,12,25H2,1H3,(H2,26,29)(H,27,30). The molecule has 0 fully saturated rings. The molecule has 31 heavy (non-hydrogen) atoms. The lowest BCUT2D eigenvalue weighted by molar-refractivity contribution is -0.117. The molecule has 0 aromatic heterocycles. The summed E-state index contributed by atoms with van der Waals surface area (Å²) in [5.41, 5.74) is 14.7. The van der Waals surface area contributed by atoms with Crippen molar-refractivity contribution in [1.29, 1.82) is 0 Å². The second kappa shape index (κ2) is 8.14. The molecule has 0 saturated carbocycles. The lowest BCUT2D eigenvalue weighted by atomic mass is 9.79. The number of benzene rings is 2. The predicted molar refractivity (Wildman–Crippen MR) is 114 cm³/mol. The van der Waals surface area contributed by atoms with Crippen molar-refractivity contribution < 1.29 is 18.7 Å². The monoisotopic (exact) mass is 422 g/mol. The summed E-state index contributed by atoms with van der Waals surface area (Å²) >= 11 is 0. The number of nitrogens with one attached hydrogen (secondary N) is 1. The topological polar surface area (TPSA) is 111 Å². The van der Waals surface area contributed by atoms with Gasteiger partial charge in [0, 0.05) is 23.5 Å². The maximum absolute atomic E-state index is 13.5. The van der Waals surface area contributed by atoms with Crippen LogP contribution in [0.4, 0.5) is 10.1 Å². The van der Waals surface area contributed by atoms with Crippen molar-refractivity contribution in [3.63, 3.8) is 0 Å². The average molecular weight is 422 g/mol. The van der Waals surface area contributed by atoms with Gasteiger partial charge in [-0.25, -0.2) is 4.39 Å².